The molecule has 0 bridgehead atoms. The number of alkyl halides is 3. The van der Waals surface area contributed by atoms with Gasteiger partial charge >= 0.3 is 6.36 Å². The third kappa shape index (κ3) is 3.90. The second-order valence-electron chi connectivity index (χ2n) is 2.87. The summed E-state index contributed by atoms with van der Waals surface area (Å²) in [5, 5.41) is 0. The van der Waals surface area contributed by atoms with Gasteiger partial charge in [0.1, 0.15) is 11.6 Å². The third-order valence-electron chi connectivity index (χ3n) is 1.63. The number of halogens is 4. The molecule has 0 amide bonds. The smallest absolute Gasteiger partial charge is 0.406 e. The second-order valence-corrected chi connectivity index (χ2v) is 2.87. The number of benzene rings is 1. The summed E-state index contributed by atoms with van der Waals surface area (Å²) < 4.78 is 52.4. The summed E-state index contributed by atoms with van der Waals surface area (Å²) >= 11 is 0. The molecule has 0 aromatic heterocycles. The molecule has 0 fully saturated rings. The number of hydrogen-bond donors (Lipinski definition) is 1. The van der Waals surface area contributed by atoms with Crippen LogP contribution in [0.25, 0.3) is 6.08 Å². The van der Waals surface area contributed by atoms with Gasteiger partial charge in [0.05, 0.1) is 0 Å². The maximum absolute atomic E-state index is 13.1. The largest absolute Gasteiger partial charge is 0.573 e. The van der Waals surface area contributed by atoms with Gasteiger partial charge in [-0.1, -0.05) is 12.2 Å². The molecule has 0 aliphatic heterocycles. The molecule has 0 radical (unpaired) electrons. The Balaban J connectivity index is 2.94. The van der Waals surface area contributed by atoms with Crippen molar-refractivity contribution in [2.24, 2.45) is 5.73 Å². The SMILES string of the molecule is NCC=Cc1cc(OC(F)(F)F)ccc1F. The van der Waals surface area contributed by atoms with Gasteiger partial charge in [-0.05, 0) is 18.2 Å². The molecule has 16 heavy (non-hydrogen) atoms. The van der Waals surface area contributed by atoms with Crippen molar-refractivity contribution in [3.05, 3.63) is 35.7 Å². The molecule has 0 aliphatic carbocycles. The monoisotopic (exact) mass is 235 g/mol. The van der Waals surface area contributed by atoms with Crippen LogP contribution in [0.1, 0.15) is 5.56 Å². The van der Waals surface area contributed by atoms with Gasteiger partial charge in [-0.2, -0.15) is 0 Å². The van der Waals surface area contributed by atoms with Crippen molar-refractivity contribution < 1.29 is 22.3 Å². The van der Waals surface area contributed by atoms with Gasteiger partial charge in [0.2, 0.25) is 0 Å². The van der Waals surface area contributed by atoms with E-state index in [1.807, 2.05) is 0 Å². The van der Waals surface area contributed by atoms with E-state index in [2.05, 4.69) is 4.74 Å². The van der Waals surface area contributed by atoms with Gasteiger partial charge in [0, 0.05) is 12.1 Å². The Labute approximate surface area is 89.3 Å². The normalized spacial score (nSPS) is 12.1. The number of rotatable bonds is 3. The van der Waals surface area contributed by atoms with Crippen molar-refractivity contribution in [1.82, 2.24) is 0 Å². The van der Waals surface area contributed by atoms with E-state index in [0.717, 1.165) is 18.2 Å². The van der Waals surface area contributed by atoms with Gasteiger partial charge in [-0.15, -0.1) is 13.2 Å². The lowest BCUT2D eigenvalue weighted by Crippen LogP contribution is -2.17. The molecule has 1 aromatic rings. The summed E-state index contributed by atoms with van der Waals surface area (Å²) in [5.41, 5.74) is 5.14. The Morgan fingerprint density at radius 1 is 1.31 bits per heavy atom. The average Bonchev–Trinajstić information content (AvgIpc) is 2.17. The fourth-order valence-electron chi connectivity index (χ4n) is 1.04. The zero-order chi connectivity index (χ0) is 12.2. The molecule has 0 unspecified atom stereocenters. The van der Waals surface area contributed by atoms with Gasteiger partial charge in [0.15, 0.2) is 0 Å². The first-order chi connectivity index (χ1) is 7.42. The molecule has 1 aromatic carbocycles. The fraction of sp³-hybridized carbons (Fsp3) is 0.200. The maximum Gasteiger partial charge on any atom is 0.573 e. The minimum atomic E-state index is -4.79. The lowest BCUT2D eigenvalue weighted by atomic mass is 10.2. The highest BCUT2D eigenvalue weighted by molar-refractivity contribution is 5.52. The molecule has 0 saturated carbocycles. The summed E-state index contributed by atoms with van der Waals surface area (Å²) in [4.78, 5) is 0. The van der Waals surface area contributed by atoms with Crippen LogP contribution >= 0.6 is 0 Å². The van der Waals surface area contributed by atoms with Crippen molar-refractivity contribution in [2.45, 2.75) is 6.36 Å². The lowest BCUT2D eigenvalue weighted by Gasteiger charge is -2.09. The molecule has 1 rings (SSSR count). The summed E-state index contributed by atoms with van der Waals surface area (Å²) in [6.07, 6.45) is -2.07. The standard InChI is InChI=1S/C10H9F4NO/c11-9-4-3-8(16-10(12,13)14)6-7(9)2-1-5-15/h1-4,6H,5,15H2. The van der Waals surface area contributed by atoms with Crippen molar-refractivity contribution in [3.8, 4) is 5.75 Å². The van der Waals surface area contributed by atoms with Crippen LogP contribution in [0.5, 0.6) is 5.75 Å². The molecule has 88 valence electrons. The Morgan fingerprint density at radius 3 is 2.56 bits per heavy atom. The quantitative estimate of drug-likeness (QED) is 0.817. The molecule has 6 heteroatoms. The van der Waals surface area contributed by atoms with E-state index in [-0.39, 0.29) is 12.1 Å². The van der Waals surface area contributed by atoms with Crippen LogP contribution in [0.2, 0.25) is 0 Å². The summed E-state index contributed by atoms with van der Waals surface area (Å²) in [7, 11) is 0. The second kappa shape index (κ2) is 4.98. The number of nitrogens with two attached hydrogens (primary N) is 1. The van der Waals surface area contributed by atoms with E-state index >= 15 is 0 Å². The fourth-order valence-corrected chi connectivity index (χ4v) is 1.04. The van der Waals surface area contributed by atoms with Gasteiger partial charge in [-0.25, -0.2) is 4.39 Å². The number of ether oxygens (including phenoxy) is 1. The van der Waals surface area contributed by atoms with Crippen molar-refractivity contribution >= 4 is 6.08 Å². The Bertz CT molecular complexity index is 387. The molecule has 0 spiro atoms. The van der Waals surface area contributed by atoms with E-state index < -0.39 is 17.9 Å². The Morgan fingerprint density at radius 2 is 2.00 bits per heavy atom. The van der Waals surface area contributed by atoms with E-state index in [1.165, 1.54) is 12.2 Å². The van der Waals surface area contributed by atoms with Crippen molar-refractivity contribution in [1.29, 1.82) is 0 Å². The summed E-state index contributed by atoms with van der Waals surface area (Å²) in [5.74, 6) is -1.11. The summed E-state index contributed by atoms with van der Waals surface area (Å²) in [6.45, 7) is 0.170. The van der Waals surface area contributed by atoms with Crippen LogP contribution in [0, 0.1) is 5.82 Å². The maximum atomic E-state index is 13.1. The van der Waals surface area contributed by atoms with Gasteiger partial charge in [0.25, 0.3) is 0 Å². The molecule has 2 N–H and O–H groups in total. The topological polar surface area (TPSA) is 35.2 Å². The lowest BCUT2D eigenvalue weighted by molar-refractivity contribution is -0.274. The zero-order valence-corrected chi connectivity index (χ0v) is 8.09. The Hall–Kier alpha value is -1.56. The molecule has 0 heterocycles. The molecule has 0 saturated heterocycles. The third-order valence-corrected chi connectivity index (χ3v) is 1.63. The van der Waals surface area contributed by atoms with E-state index in [0.29, 0.717) is 0 Å². The highest BCUT2D eigenvalue weighted by Crippen LogP contribution is 2.25. The first kappa shape index (κ1) is 12.5. The summed E-state index contributed by atoms with van der Waals surface area (Å²) in [6, 6.07) is 2.76. The molecule has 2 nitrogen and oxygen atoms in total. The molecule has 0 aliphatic rings. The van der Waals surface area contributed by atoms with E-state index in [4.69, 9.17) is 5.73 Å². The molecular formula is C10H9F4NO. The minimum Gasteiger partial charge on any atom is -0.406 e. The van der Waals surface area contributed by atoms with Crippen LogP contribution in [-0.4, -0.2) is 12.9 Å². The predicted octanol–water partition coefficient (Wildman–Crippen LogP) is 2.70. The number of hydrogen-bond acceptors (Lipinski definition) is 2. The first-order valence-corrected chi connectivity index (χ1v) is 4.34. The van der Waals surface area contributed by atoms with Crippen LogP contribution in [0.3, 0.4) is 0 Å². The zero-order valence-electron chi connectivity index (χ0n) is 8.09. The highest BCUT2D eigenvalue weighted by atomic mass is 19.4. The average molecular weight is 235 g/mol. The highest BCUT2D eigenvalue weighted by Gasteiger charge is 2.31. The minimum absolute atomic E-state index is 0.00722. The van der Waals surface area contributed by atoms with E-state index in [9.17, 15) is 17.6 Å². The van der Waals surface area contributed by atoms with Crippen molar-refractivity contribution in [2.75, 3.05) is 6.54 Å². The van der Waals surface area contributed by atoms with E-state index in [1.54, 1.807) is 0 Å². The Kier molecular flexibility index (Phi) is 3.89. The molecular weight excluding hydrogens is 226 g/mol. The molecule has 0 atom stereocenters. The van der Waals surface area contributed by atoms with Crippen LogP contribution in [-0.2, 0) is 0 Å². The van der Waals surface area contributed by atoms with Crippen LogP contribution in [0.15, 0.2) is 24.3 Å². The van der Waals surface area contributed by atoms with Crippen LogP contribution < -0.4 is 10.5 Å². The predicted molar refractivity (Wildman–Crippen MR) is 51.2 cm³/mol. The van der Waals surface area contributed by atoms with Crippen LogP contribution in [0.4, 0.5) is 17.6 Å². The van der Waals surface area contributed by atoms with Crippen molar-refractivity contribution in [3.63, 3.8) is 0 Å². The van der Waals surface area contributed by atoms with Gasteiger partial charge < -0.3 is 10.5 Å². The van der Waals surface area contributed by atoms with Gasteiger partial charge in [-0.3, -0.25) is 0 Å². The first-order valence-electron chi connectivity index (χ1n) is 4.34.